The van der Waals surface area contributed by atoms with Crippen molar-refractivity contribution in [3.8, 4) is 0 Å². The lowest BCUT2D eigenvalue weighted by atomic mass is 9.80. The largest absolute Gasteiger partial charge is 0.478 e. The fourth-order valence-corrected chi connectivity index (χ4v) is 3.24. The van der Waals surface area contributed by atoms with Crippen LogP contribution < -0.4 is 0 Å². The number of rotatable bonds is 9. The van der Waals surface area contributed by atoms with Crippen LogP contribution in [0, 0.1) is 5.92 Å². The highest BCUT2D eigenvalue weighted by Gasteiger charge is 2.36. The Morgan fingerprint density at radius 1 is 1.19 bits per heavy atom. The van der Waals surface area contributed by atoms with Crippen molar-refractivity contribution >= 4 is 11.8 Å². The van der Waals surface area contributed by atoms with Crippen molar-refractivity contribution < 1.29 is 24.2 Å². The third-order valence-electron chi connectivity index (χ3n) is 5.06. The van der Waals surface area contributed by atoms with Gasteiger partial charge in [-0.15, -0.1) is 13.2 Å². The molecule has 0 saturated heterocycles. The quantitative estimate of drug-likeness (QED) is 0.345. The average molecular weight is 443 g/mol. The van der Waals surface area contributed by atoms with E-state index in [9.17, 15) is 9.59 Å². The summed E-state index contributed by atoms with van der Waals surface area (Å²) in [5, 5.41) is 8.84. The van der Waals surface area contributed by atoms with Crippen molar-refractivity contribution in [1.29, 1.82) is 0 Å². The molecule has 1 heterocycles. The van der Waals surface area contributed by atoms with Crippen molar-refractivity contribution in [1.82, 2.24) is 0 Å². The van der Waals surface area contributed by atoms with Gasteiger partial charge in [-0.1, -0.05) is 28.9 Å². The van der Waals surface area contributed by atoms with Gasteiger partial charge in [0.25, 0.3) is 0 Å². The molecule has 5 nitrogen and oxygen atoms in total. The van der Waals surface area contributed by atoms with E-state index in [1.165, 1.54) is 17.2 Å². The maximum atomic E-state index is 11.9. The lowest BCUT2D eigenvalue weighted by Gasteiger charge is -2.36. The Hall–Kier alpha value is -2.50. The number of fused-ring (bicyclic) bond motifs is 1. The smallest absolute Gasteiger partial charge is 0.328 e. The van der Waals surface area contributed by atoms with Crippen molar-refractivity contribution in [3.05, 3.63) is 71.4 Å². The van der Waals surface area contributed by atoms with E-state index in [4.69, 9.17) is 14.6 Å². The van der Waals surface area contributed by atoms with Crippen LogP contribution in [0.15, 0.2) is 71.4 Å². The Kier molecular flexibility index (Phi) is 11.9. The molecular formula is C27H38O5. The number of allylic oxidation sites excluding steroid dienone is 5. The van der Waals surface area contributed by atoms with Crippen LogP contribution in [0.3, 0.4) is 0 Å². The molecule has 0 aromatic carbocycles. The van der Waals surface area contributed by atoms with E-state index < -0.39 is 12.3 Å². The summed E-state index contributed by atoms with van der Waals surface area (Å²) < 4.78 is 11.6. The normalized spacial score (nSPS) is 22.2. The molecule has 0 saturated carbocycles. The van der Waals surface area contributed by atoms with Crippen LogP contribution in [0.5, 0.6) is 0 Å². The van der Waals surface area contributed by atoms with Crippen molar-refractivity contribution in [3.63, 3.8) is 0 Å². The fourth-order valence-electron chi connectivity index (χ4n) is 3.24. The molecule has 0 aromatic heterocycles. The molecule has 32 heavy (non-hydrogen) atoms. The fraction of sp³-hybridized carbons (Fsp3) is 0.481. The van der Waals surface area contributed by atoms with Gasteiger partial charge in [0.2, 0.25) is 0 Å². The van der Waals surface area contributed by atoms with Crippen LogP contribution in [-0.2, 0) is 19.1 Å². The highest BCUT2D eigenvalue weighted by Crippen LogP contribution is 2.35. The number of ketones is 1. The first kappa shape index (κ1) is 27.5. The number of carboxylic acid groups (broad SMARTS) is 1. The van der Waals surface area contributed by atoms with Crippen molar-refractivity contribution in [2.45, 2.75) is 72.7 Å². The van der Waals surface area contributed by atoms with Gasteiger partial charge in [-0.05, 0) is 77.2 Å². The van der Waals surface area contributed by atoms with Crippen LogP contribution in [0.25, 0.3) is 0 Å². The zero-order chi connectivity index (χ0) is 24.3. The molecular weight excluding hydrogens is 404 g/mol. The Bertz CT molecular complexity index is 821. The molecule has 176 valence electrons. The standard InChI is InChI=1S/C18H22O5.C9H16/c1-11(2)6-7-22-18-9-13(4-5-17(20)21)14-10-15(19)12(3)8-16(14)23-18;1-8(2)6-5-7-9(3)4/h4-5,8-9,14,16,18H,1,6-7,10H2,2-3H3,(H,20,21);7H,1,5-6H2,2-4H3/b5-4+;. The summed E-state index contributed by atoms with van der Waals surface area (Å²) in [6, 6.07) is 0. The number of aliphatic carboxylic acids is 1. The molecule has 0 fully saturated rings. The van der Waals surface area contributed by atoms with E-state index in [1.807, 2.05) is 6.92 Å². The SMILES string of the molecule is C=C(C)CCC=C(C)C.C=C(C)CCOC1C=C(/C=C/C(=O)O)C2CC(=O)C(C)=CC2O1. The Morgan fingerprint density at radius 3 is 2.41 bits per heavy atom. The van der Waals surface area contributed by atoms with E-state index in [0.29, 0.717) is 18.6 Å². The summed E-state index contributed by atoms with van der Waals surface area (Å²) in [6.07, 6.45) is 10.9. The number of hydrogen-bond acceptors (Lipinski definition) is 4. The molecule has 2 aliphatic rings. The van der Waals surface area contributed by atoms with Gasteiger partial charge < -0.3 is 14.6 Å². The second kappa shape index (κ2) is 13.8. The maximum absolute atomic E-state index is 11.9. The summed E-state index contributed by atoms with van der Waals surface area (Å²) in [5.41, 5.74) is 5.13. The predicted molar refractivity (Wildman–Crippen MR) is 129 cm³/mol. The molecule has 0 bridgehead atoms. The first-order valence-corrected chi connectivity index (χ1v) is 11.0. The third-order valence-corrected chi connectivity index (χ3v) is 5.06. The topological polar surface area (TPSA) is 72.8 Å². The molecule has 2 rings (SSSR count). The molecule has 5 heteroatoms. The van der Waals surface area contributed by atoms with Crippen LogP contribution in [0.1, 0.15) is 60.3 Å². The van der Waals surface area contributed by atoms with Crippen molar-refractivity contribution in [2.75, 3.05) is 6.61 Å². The average Bonchev–Trinajstić information content (AvgIpc) is 2.67. The van der Waals surface area contributed by atoms with E-state index in [-0.39, 0.29) is 17.8 Å². The van der Waals surface area contributed by atoms with Gasteiger partial charge in [-0.3, -0.25) is 4.79 Å². The highest BCUT2D eigenvalue weighted by atomic mass is 16.7. The second-order valence-corrected chi connectivity index (χ2v) is 8.75. The summed E-state index contributed by atoms with van der Waals surface area (Å²) in [5.74, 6) is -1.13. The van der Waals surface area contributed by atoms with Crippen molar-refractivity contribution in [2.24, 2.45) is 5.92 Å². The van der Waals surface area contributed by atoms with Gasteiger partial charge in [-0.2, -0.15) is 0 Å². The van der Waals surface area contributed by atoms with E-state index in [0.717, 1.165) is 36.5 Å². The lowest BCUT2D eigenvalue weighted by molar-refractivity contribution is -0.152. The minimum Gasteiger partial charge on any atom is -0.478 e. The number of hydrogen-bond donors (Lipinski definition) is 1. The minimum atomic E-state index is -1.03. The minimum absolute atomic E-state index is 0.0612. The molecule has 1 aliphatic carbocycles. The summed E-state index contributed by atoms with van der Waals surface area (Å²) in [6.45, 7) is 18.1. The monoisotopic (exact) mass is 442 g/mol. The Morgan fingerprint density at radius 2 is 1.84 bits per heavy atom. The van der Waals surface area contributed by atoms with E-state index in [1.54, 1.807) is 19.1 Å². The first-order chi connectivity index (χ1) is 15.0. The maximum Gasteiger partial charge on any atom is 0.328 e. The number of ether oxygens (including phenoxy) is 2. The molecule has 0 aromatic rings. The lowest BCUT2D eigenvalue weighted by Crippen LogP contribution is -2.38. The van der Waals surface area contributed by atoms with E-state index >= 15 is 0 Å². The molecule has 1 N–H and O–H groups in total. The second-order valence-electron chi connectivity index (χ2n) is 8.75. The zero-order valence-corrected chi connectivity index (χ0v) is 20.1. The number of Topliss-reactive ketones (excluding diaryl/α,β-unsaturated/α-hetero) is 1. The number of carboxylic acids is 1. The molecule has 3 atom stereocenters. The van der Waals surface area contributed by atoms with Gasteiger partial charge in [0.15, 0.2) is 12.1 Å². The van der Waals surface area contributed by atoms with Crippen LogP contribution >= 0.6 is 0 Å². The molecule has 0 amide bonds. The van der Waals surface area contributed by atoms with Gasteiger partial charge in [0, 0.05) is 18.4 Å². The van der Waals surface area contributed by atoms with Gasteiger partial charge in [0.05, 0.1) is 12.7 Å². The predicted octanol–water partition coefficient (Wildman–Crippen LogP) is 6.11. The highest BCUT2D eigenvalue weighted by molar-refractivity contribution is 5.96. The van der Waals surface area contributed by atoms with Gasteiger partial charge in [-0.25, -0.2) is 4.79 Å². The van der Waals surface area contributed by atoms with E-state index in [2.05, 4.69) is 40.0 Å². The van der Waals surface area contributed by atoms with Crippen LogP contribution in [0.4, 0.5) is 0 Å². The summed E-state index contributed by atoms with van der Waals surface area (Å²) in [4.78, 5) is 22.7. The molecule has 1 aliphatic heterocycles. The Labute approximate surface area is 192 Å². The van der Waals surface area contributed by atoms with Crippen LogP contribution in [-0.4, -0.2) is 35.9 Å². The molecule has 0 radical (unpaired) electrons. The molecule has 3 unspecified atom stereocenters. The third kappa shape index (κ3) is 10.7. The van der Waals surface area contributed by atoms with Gasteiger partial charge in [0.1, 0.15) is 0 Å². The van der Waals surface area contributed by atoms with Gasteiger partial charge >= 0.3 is 5.97 Å². The first-order valence-electron chi connectivity index (χ1n) is 11.0. The van der Waals surface area contributed by atoms with Crippen LogP contribution in [0.2, 0.25) is 0 Å². The summed E-state index contributed by atoms with van der Waals surface area (Å²) in [7, 11) is 0. The number of carbonyl (C=O) groups is 2. The summed E-state index contributed by atoms with van der Waals surface area (Å²) >= 11 is 0. The zero-order valence-electron chi connectivity index (χ0n) is 20.1. The Balaban J connectivity index is 0.000000482. The number of carbonyl (C=O) groups excluding carboxylic acids is 1. The molecule has 0 spiro atoms.